The standard InChI is InChI=1S/C16H15N3O2/c1-11(20)17-13-6-3-5-12(9-13)14-10-19-8-4-7-15(21-2)16(19)18-14/h3-10H,1-2H3,(H,17,20). The van der Waals surface area contributed by atoms with Gasteiger partial charge in [0, 0.05) is 30.6 Å². The Morgan fingerprint density at radius 3 is 2.90 bits per heavy atom. The molecule has 0 bridgehead atoms. The third kappa shape index (κ3) is 2.58. The number of rotatable bonds is 3. The number of aromatic nitrogens is 2. The normalized spacial score (nSPS) is 10.6. The first-order chi connectivity index (χ1) is 10.2. The van der Waals surface area contributed by atoms with Crippen molar-refractivity contribution in [3.8, 4) is 17.0 Å². The number of carbonyl (C=O) groups excluding carboxylic acids is 1. The molecule has 2 heterocycles. The number of fused-ring (bicyclic) bond motifs is 1. The van der Waals surface area contributed by atoms with E-state index in [9.17, 15) is 4.79 Å². The van der Waals surface area contributed by atoms with E-state index in [1.54, 1.807) is 7.11 Å². The van der Waals surface area contributed by atoms with E-state index >= 15 is 0 Å². The Balaban J connectivity index is 2.06. The maximum absolute atomic E-state index is 11.1. The molecule has 3 aromatic rings. The average Bonchev–Trinajstić information content (AvgIpc) is 2.90. The van der Waals surface area contributed by atoms with E-state index in [0.29, 0.717) is 0 Å². The number of pyridine rings is 1. The Kier molecular flexibility index (Phi) is 3.31. The number of ether oxygens (including phenoxy) is 1. The molecule has 1 N–H and O–H groups in total. The van der Waals surface area contributed by atoms with Gasteiger partial charge in [-0.2, -0.15) is 0 Å². The molecule has 0 unspecified atom stereocenters. The third-order valence-electron chi connectivity index (χ3n) is 3.15. The van der Waals surface area contributed by atoms with Crippen molar-refractivity contribution in [1.29, 1.82) is 0 Å². The minimum atomic E-state index is -0.0937. The number of anilines is 1. The van der Waals surface area contributed by atoms with Crippen molar-refractivity contribution >= 4 is 17.2 Å². The van der Waals surface area contributed by atoms with Gasteiger partial charge in [-0.3, -0.25) is 4.79 Å². The van der Waals surface area contributed by atoms with Gasteiger partial charge in [-0.15, -0.1) is 0 Å². The van der Waals surface area contributed by atoms with E-state index in [-0.39, 0.29) is 5.91 Å². The molecule has 5 heteroatoms. The van der Waals surface area contributed by atoms with E-state index in [4.69, 9.17) is 4.74 Å². The molecule has 1 aromatic carbocycles. The summed E-state index contributed by atoms with van der Waals surface area (Å²) in [6.45, 7) is 1.49. The lowest BCUT2D eigenvalue weighted by Crippen LogP contribution is -2.05. The first-order valence-electron chi connectivity index (χ1n) is 6.57. The number of nitrogens with zero attached hydrogens (tertiary/aromatic N) is 2. The van der Waals surface area contributed by atoms with Crippen molar-refractivity contribution in [3.05, 3.63) is 48.8 Å². The topological polar surface area (TPSA) is 55.6 Å². The summed E-state index contributed by atoms with van der Waals surface area (Å²) in [5.74, 6) is 0.630. The fraction of sp³-hybridized carbons (Fsp3) is 0.125. The van der Waals surface area contributed by atoms with Gasteiger partial charge < -0.3 is 14.5 Å². The van der Waals surface area contributed by atoms with E-state index in [1.807, 2.05) is 53.2 Å². The van der Waals surface area contributed by atoms with Gasteiger partial charge >= 0.3 is 0 Å². The lowest BCUT2D eigenvalue weighted by atomic mass is 10.1. The van der Waals surface area contributed by atoms with Crippen LogP contribution in [0.3, 0.4) is 0 Å². The molecule has 0 spiro atoms. The number of methoxy groups -OCH3 is 1. The first-order valence-corrected chi connectivity index (χ1v) is 6.57. The zero-order valence-corrected chi connectivity index (χ0v) is 11.8. The second-order valence-corrected chi connectivity index (χ2v) is 4.70. The maximum Gasteiger partial charge on any atom is 0.221 e. The second-order valence-electron chi connectivity index (χ2n) is 4.70. The summed E-state index contributed by atoms with van der Waals surface area (Å²) in [6, 6.07) is 11.4. The summed E-state index contributed by atoms with van der Waals surface area (Å²) in [5.41, 5.74) is 3.28. The van der Waals surface area contributed by atoms with Crippen molar-refractivity contribution in [2.24, 2.45) is 0 Å². The third-order valence-corrected chi connectivity index (χ3v) is 3.15. The molecule has 3 rings (SSSR count). The molecule has 1 amide bonds. The quantitative estimate of drug-likeness (QED) is 0.803. The van der Waals surface area contributed by atoms with Crippen LogP contribution >= 0.6 is 0 Å². The minimum absolute atomic E-state index is 0.0937. The van der Waals surface area contributed by atoms with Gasteiger partial charge in [0.1, 0.15) is 0 Å². The van der Waals surface area contributed by atoms with Crippen molar-refractivity contribution in [3.63, 3.8) is 0 Å². The van der Waals surface area contributed by atoms with Gasteiger partial charge in [-0.25, -0.2) is 4.98 Å². The van der Waals surface area contributed by atoms with Crippen LogP contribution in [0.1, 0.15) is 6.92 Å². The summed E-state index contributed by atoms with van der Waals surface area (Å²) in [4.78, 5) is 15.7. The van der Waals surface area contributed by atoms with Crippen LogP contribution in [-0.4, -0.2) is 22.4 Å². The van der Waals surface area contributed by atoms with E-state index < -0.39 is 0 Å². The molecule has 0 saturated heterocycles. The second kappa shape index (κ2) is 5.28. The van der Waals surface area contributed by atoms with Crippen LogP contribution < -0.4 is 10.1 Å². The van der Waals surface area contributed by atoms with Crippen molar-refractivity contribution in [2.45, 2.75) is 6.92 Å². The molecule has 0 radical (unpaired) electrons. The lowest BCUT2D eigenvalue weighted by molar-refractivity contribution is -0.114. The molecule has 0 saturated carbocycles. The number of hydrogen-bond donors (Lipinski definition) is 1. The number of hydrogen-bond acceptors (Lipinski definition) is 3. The smallest absolute Gasteiger partial charge is 0.221 e. The van der Waals surface area contributed by atoms with Crippen molar-refractivity contribution in [1.82, 2.24) is 9.38 Å². The predicted octanol–water partition coefficient (Wildman–Crippen LogP) is 2.97. The largest absolute Gasteiger partial charge is 0.493 e. The van der Waals surface area contributed by atoms with Gasteiger partial charge in [-0.1, -0.05) is 12.1 Å². The average molecular weight is 281 g/mol. The fourth-order valence-electron chi connectivity index (χ4n) is 2.25. The van der Waals surface area contributed by atoms with Crippen LogP contribution in [0.4, 0.5) is 5.69 Å². The molecular formula is C16H15N3O2. The zero-order chi connectivity index (χ0) is 14.8. The highest BCUT2D eigenvalue weighted by molar-refractivity contribution is 5.89. The van der Waals surface area contributed by atoms with E-state index in [1.165, 1.54) is 6.92 Å². The van der Waals surface area contributed by atoms with Gasteiger partial charge in [0.05, 0.1) is 12.8 Å². The molecular weight excluding hydrogens is 266 g/mol. The van der Waals surface area contributed by atoms with Crippen LogP contribution in [0, 0.1) is 0 Å². The number of benzene rings is 1. The number of amides is 1. The Morgan fingerprint density at radius 2 is 2.14 bits per heavy atom. The Morgan fingerprint density at radius 1 is 1.29 bits per heavy atom. The van der Waals surface area contributed by atoms with E-state index in [2.05, 4.69) is 10.3 Å². The number of carbonyl (C=O) groups is 1. The zero-order valence-electron chi connectivity index (χ0n) is 11.8. The number of imidazole rings is 1. The highest BCUT2D eigenvalue weighted by Crippen LogP contribution is 2.25. The van der Waals surface area contributed by atoms with E-state index in [0.717, 1.165) is 28.3 Å². The van der Waals surface area contributed by atoms with Crippen LogP contribution in [-0.2, 0) is 4.79 Å². The first kappa shape index (κ1) is 13.2. The predicted molar refractivity (Wildman–Crippen MR) is 81.5 cm³/mol. The molecule has 0 aliphatic heterocycles. The van der Waals surface area contributed by atoms with Crippen molar-refractivity contribution < 1.29 is 9.53 Å². The molecule has 2 aromatic heterocycles. The van der Waals surface area contributed by atoms with Crippen LogP contribution in [0.25, 0.3) is 16.9 Å². The Labute approximate surface area is 122 Å². The molecule has 21 heavy (non-hydrogen) atoms. The van der Waals surface area contributed by atoms with Crippen LogP contribution in [0.2, 0.25) is 0 Å². The maximum atomic E-state index is 11.1. The summed E-state index contributed by atoms with van der Waals surface area (Å²) >= 11 is 0. The van der Waals surface area contributed by atoms with Crippen molar-refractivity contribution in [2.75, 3.05) is 12.4 Å². The molecule has 0 fully saturated rings. The SMILES string of the molecule is COc1cccn2cc(-c3cccc(NC(C)=O)c3)nc12. The molecule has 106 valence electrons. The minimum Gasteiger partial charge on any atom is -0.493 e. The van der Waals surface area contributed by atoms with Gasteiger partial charge in [0.25, 0.3) is 0 Å². The summed E-state index contributed by atoms with van der Waals surface area (Å²) < 4.78 is 7.23. The van der Waals surface area contributed by atoms with Crippen LogP contribution in [0.5, 0.6) is 5.75 Å². The van der Waals surface area contributed by atoms with Gasteiger partial charge in [0.2, 0.25) is 5.91 Å². The fourth-order valence-corrected chi connectivity index (χ4v) is 2.25. The molecule has 0 aliphatic carbocycles. The Hall–Kier alpha value is -2.82. The number of nitrogens with one attached hydrogen (secondary N) is 1. The lowest BCUT2D eigenvalue weighted by Gasteiger charge is -2.03. The molecule has 0 atom stereocenters. The highest BCUT2D eigenvalue weighted by Gasteiger charge is 2.08. The summed E-state index contributed by atoms with van der Waals surface area (Å²) in [7, 11) is 1.63. The summed E-state index contributed by atoms with van der Waals surface area (Å²) in [6.07, 6.45) is 3.86. The van der Waals surface area contributed by atoms with Gasteiger partial charge in [0.15, 0.2) is 11.4 Å². The highest BCUT2D eigenvalue weighted by atomic mass is 16.5. The Bertz CT molecular complexity index is 808. The molecule has 0 aliphatic rings. The van der Waals surface area contributed by atoms with Crippen LogP contribution in [0.15, 0.2) is 48.8 Å². The molecule has 5 nitrogen and oxygen atoms in total. The monoisotopic (exact) mass is 281 g/mol. The summed E-state index contributed by atoms with van der Waals surface area (Å²) in [5, 5.41) is 2.77. The van der Waals surface area contributed by atoms with Gasteiger partial charge in [-0.05, 0) is 24.3 Å².